The fourth-order valence-corrected chi connectivity index (χ4v) is 2.21. The van der Waals surface area contributed by atoms with Gasteiger partial charge in [-0.25, -0.2) is 4.79 Å². The molecule has 1 aromatic rings. The number of carbonyl (C=O) groups is 2. The fraction of sp³-hybridized carbons (Fsp3) is 0.467. The van der Waals surface area contributed by atoms with Crippen LogP contribution in [0.25, 0.3) is 0 Å². The van der Waals surface area contributed by atoms with Crippen molar-refractivity contribution in [1.82, 2.24) is 5.32 Å². The third-order valence-electron chi connectivity index (χ3n) is 3.29. The molecule has 1 heterocycles. The van der Waals surface area contributed by atoms with Crippen molar-refractivity contribution >= 4 is 11.9 Å². The molecule has 0 spiro atoms. The maximum atomic E-state index is 12.2. The molecule has 1 amide bonds. The maximum Gasteiger partial charge on any atom is 0.326 e. The second-order valence-corrected chi connectivity index (χ2v) is 5.00. The Morgan fingerprint density at radius 3 is 2.48 bits per heavy atom. The first-order chi connectivity index (χ1) is 10.0. The summed E-state index contributed by atoms with van der Waals surface area (Å²) in [5.74, 6) is -0.455. The van der Waals surface area contributed by atoms with Crippen LogP contribution in [-0.2, 0) is 9.59 Å². The molecule has 0 saturated heterocycles. The van der Waals surface area contributed by atoms with Crippen LogP contribution in [0.1, 0.15) is 26.7 Å². The summed E-state index contributed by atoms with van der Waals surface area (Å²) >= 11 is 0. The molecular weight excluding hydrogens is 274 g/mol. The van der Waals surface area contributed by atoms with E-state index in [2.05, 4.69) is 5.32 Å². The molecule has 0 aliphatic carbocycles. The molecule has 0 radical (unpaired) electrons. The van der Waals surface area contributed by atoms with E-state index < -0.39 is 30.1 Å². The third-order valence-corrected chi connectivity index (χ3v) is 3.29. The lowest BCUT2D eigenvalue weighted by molar-refractivity contribution is -0.144. The molecule has 1 aliphatic heterocycles. The largest absolute Gasteiger partial charge is 0.482 e. The van der Waals surface area contributed by atoms with Gasteiger partial charge in [0.1, 0.15) is 12.1 Å². The molecule has 1 aromatic carbocycles. The minimum atomic E-state index is -1.05. The van der Waals surface area contributed by atoms with Crippen molar-refractivity contribution in [3.05, 3.63) is 24.3 Å². The zero-order valence-corrected chi connectivity index (χ0v) is 12.0. The lowest BCUT2D eigenvalue weighted by Gasteiger charge is -2.31. The number of carboxylic acids is 1. The van der Waals surface area contributed by atoms with Crippen LogP contribution in [0.4, 0.5) is 0 Å². The second kappa shape index (κ2) is 6.47. The van der Waals surface area contributed by atoms with Crippen molar-refractivity contribution in [2.75, 3.05) is 0 Å². The van der Waals surface area contributed by atoms with Gasteiger partial charge in [-0.1, -0.05) is 25.5 Å². The molecule has 6 nitrogen and oxygen atoms in total. The standard InChI is InChI=1S/C15H19NO5/c1-3-6-10(15(18)19)16-14(17)13-9(2)20-11-7-4-5-8-12(11)21-13/h4-5,7-10,13H,3,6H2,1-2H3,(H,16,17)(H,18,19)/t9-,10+,13+/m1/s1. The molecule has 1 aliphatic rings. The number of ether oxygens (including phenoxy) is 2. The monoisotopic (exact) mass is 293 g/mol. The maximum absolute atomic E-state index is 12.2. The van der Waals surface area contributed by atoms with E-state index in [9.17, 15) is 9.59 Å². The van der Waals surface area contributed by atoms with E-state index in [1.54, 1.807) is 25.1 Å². The van der Waals surface area contributed by atoms with E-state index in [-0.39, 0.29) is 0 Å². The van der Waals surface area contributed by atoms with E-state index >= 15 is 0 Å². The number of hydrogen-bond acceptors (Lipinski definition) is 4. The number of hydrogen-bond donors (Lipinski definition) is 2. The van der Waals surface area contributed by atoms with Crippen molar-refractivity contribution in [2.45, 2.75) is 44.9 Å². The molecule has 2 N–H and O–H groups in total. The summed E-state index contributed by atoms with van der Waals surface area (Å²) in [4.78, 5) is 23.3. The van der Waals surface area contributed by atoms with Gasteiger partial charge < -0.3 is 19.9 Å². The van der Waals surface area contributed by atoms with Gasteiger partial charge in [0.05, 0.1) is 0 Å². The van der Waals surface area contributed by atoms with Gasteiger partial charge >= 0.3 is 5.97 Å². The average molecular weight is 293 g/mol. The molecule has 114 valence electrons. The number of para-hydroxylation sites is 2. The summed E-state index contributed by atoms with van der Waals surface area (Å²) in [5, 5.41) is 11.6. The first kappa shape index (κ1) is 15.2. The van der Waals surface area contributed by atoms with Gasteiger partial charge in [-0.3, -0.25) is 4.79 Å². The predicted octanol–water partition coefficient (Wildman–Crippen LogP) is 1.58. The number of carbonyl (C=O) groups excluding carboxylic acids is 1. The Labute approximate surface area is 123 Å². The highest BCUT2D eigenvalue weighted by atomic mass is 16.6. The van der Waals surface area contributed by atoms with Gasteiger partial charge in [-0.15, -0.1) is 0 Å². The van der Waals surface area contributed by atoms with Crippen LogP contribution in [0.3, 0.4) is 0 Å². The summed E-state index contributed by atoms with van der Waals surface area (Å²) in [5.41, 5.74) is 0. The summed E-state index contributed by atoms with van der Waals surface area (Å²) in [6, 6.07) is 6.16. The molecule has 0 fully saturated rings. The molecule has 0 unspecified atom stereocenters. The summed E-state index contributed by atoms with van der Waals surface area (Å²) < 4.78 is 11.3. The summed E-state index contributed by atoms with van der Waals surface area (Å²) in [6.45, 7) is 3.58. The van der Waals surface area contributed by atoms with Crippen molar-refractivity contribution in [3.63, 3.8) is 0 Å². The van der Waals surface area contributed by atoms with Gasteiger partial charge in [0, 0.05) is 0 Å². The first-order valence-electron chi connectivity index (χ1n) is 6.98. The van der Waals surface area contributed by atoms with Gasteiger partial charge in [-0.2, -0.15) is 0 Å². The van der Waals surface area contributed by atoms with Crippen molar-refractivity contribution in [1.29, 1.82) is 0 Å². The van der Waals surface area contributed by atoms with Gasteiger partial charge in [0.15, 0.2) is 11.5 Å². The molecule has 0 bridgehead atoms. The minimum absolute atomic E-state index is 0.375. The van der Waals surface area contributed by atoms with Crippen LogP contribution in [0, 0.1) is 0 Å². The normalized spacial score (nSPS) is 21.4. The van der Waals surface area contributed by atoms with Gasteiger partial charge in [0.2, 0.25) is 6.10 Å². The predicted molar refractivity (Wildman–Crippen MR) is 75.4 cm³/mol. The van der Waals surface area contributed by atoms with E-state index in [4.69, 9.17) is 14.6 Å². The Morgan fingerprint density at radius 2 is 1.90 bits per heavy atom. The van der Waals surface area contributed by atoms with Crippen molar-refractivity contribution < 1.29 is 24.2 Å². The Bertz CT molecular complexity index is 531. The lowest BCUT2D eigenvalue weighted by atomic mass is 10.1. The third kappa shape index (κ3) is 3.45. The van der Waals surface area contributed by atoms with Crippen LogP contribution >= 0.6 is 0 Å². The molecular formula is C15H19NO5. The summed E-state index contributed by atoms with van der Waals surface area (Å²) in [6.07, 6.45) is -0.313. The van der Waals surface area contributed by atoms with E-state index in [1.807, 2.05) is 13.0 Å². The zero-order chi connectivity index (χ0) is 15.4. The van der Waals surface area contributed by atoms with Crippen LogP contribution in [-0.4, -0.2) is 35.2 Å². The number of aliphatic carboxylic acids is 1. The summed E-state index contributed by atoms with van der Waals surface area (Å²) in [7, 11) is 0. The quantitative estimate of drug-likeness (QED) is 0.861. The van der Waals surface area contributed by atoms with Crippen LogP contribution < -0.4 is 14.8 Å². The number of nitrogens with one attached hydrogen (secondary N) is 1. The highest BCUT2D eigenvalue weighted by molar-refractivity contribution is 5.87. The van der Waals surface area contributed by atoms with Crippen LogP contribution in [0.5, 0.6) is 11.5 Å². The fourth-order valence-electron chi connectivity index (χ4n) is 2.21. The van der Waals surface area contributed by atoms with Crippen LogP contribution in [0.15, 0.2) is 24.3 Å². The minimum Gasteiger partial charge on any atom is -0.482 e. The molecule has 21 heavy (non-hydrogen) atoms. The van der Waals surface area contributed by atoms with Gasteiger partial charge in [0.25, 0.3) is 5.91 Å². The Balaban J connectivity index is 2.07. The topological polar surface area (TPSA) is 84.9 Å². The van der Waals surface area contributed by atoms with E-state index in [0.717, 1.165) is 0 Å². The Hall–Kier alpha value is -2.24. The number of fused-ring (bicyclic) bond motifs is 1. The second-order valence-electron chi connectivity index (χ2n) is 5.00. The number of rotatable bonds is 5. The molecule has 0 aromatic heterocycles. The zero-order valence-electron chi connectivity index (χ0n) is 12.0. The van der Waals surface area contributed by atoms with Crippen LogP contribution in [0.2, 0.25) is 0 Å². The molecule has 6 heteroatoms. The Kier molecular flexibility index (Phi) is 4.67. The van der Waals surface area contributed by atoms with Gasteiger partial charge in [-0.05, 0) is 25.5 Å². The molecule has 2 rings (SSSR count). The SMILES string of the molecule is CCC[C@H](NC(=O)[C@H]1Oc2ccccc2O[C@@H]1C)C(=O)O. The number of carboxylic acid groups (broad SMARTS) is 1. The van der Waals surface area contributed by atoms with Crippen molar-refractivity contribution in [2.24, 2.45) is 0 Å². The van der Waals surface area contributed by atoms with E-state index in [1.165, 1.54) is 0 Å². The molecule has 3 atom stereocenters. The average Bonchev–Trinajstić information content (AvgIpc) is 2.45. The Morgan fingerprint density at radius 1 is 1.29 bits per heavy atom. The van der Waals surface area contributed by atoms with E-state index in [0.29, 0.717) is 24.3 Å². The number of amides is 1. The lowest BCUT2D eigenvalue weighted by Crippen LogP contribution is -2.53. The smallest absolute Gasteiger partial charge is 0.326 e. The van der Waals surface area contributed by atoms with Crippen molar-refractivity contribution in [3.8, 4) is 11.5 Å². The highest BCUT2D eigenvalue weighted by Crippen LogP contribution is 2.33. The number of benzene rings is 1. The first-order valence-corrected chi connectivity index (χ1v) is 6.98. The molecule has 0 saturated carbocycles. The highest BCUT2D eigenvalue weighted by Gasteiger charge is 2.35.